The molecule has 3 aromatic rings. The molecular weight excluding hydrogens is 466 g/mol. The maximum absolute atomic E-state index is 5.30. The van der Waals surface area contributed by atoms with E-state index in [2.05, 4.69) is 64.3 Å². The molecule has 2 atom stereocenters. The number of methoxy groups -OCH3 is 1. The molecule has 0 saturated heterocycles. The maximum Gasteiger partial charge on any atom is 0.137 e. The summed E-state index contributed by atoms with van der Waals surface area (Å²) in [6.07, 6.45) is 9.62. The van der Waals surface area contributed by atoms with E-state index in [1.807, 2.05) is 19.3 Å². The van der Waals surface area contributed by atoms with Crippen LogP contribution in [-0.2, 0) is 6.54 Å². The lowest BCUT2D eigenvalue weighted by Crippen LogP contribution is -2.37. The summed E-state index contributed by atoms with van der Waals surface area (Å²) < 4.78 is 5.30. The van der Waals surface area contributed by atoms with E-state index >= 15 is 0 Å². The normalized spacial score (nSPS) is 19.9. The van der Waals surface area contributed by atoms with E-state index in [9.17, 15) is 0 Å². The number of benzene rings is 1. The van der Waals surface area contributed by atoms with Gasteiger partial charge in [0.05, 0.1) is 18.9 Å². The molecule has 36 heavy (non-hydrogen) atoms. The molecule has 1 N–H and O–H groups in total. The van der Waals surface area contributed by atoms with Crippen molar-refractivity contribution in [3.8, 4) is 16.9 Å². The van der Waals surface area contributed by atoms with Gasteiger partial charge in [0.2, 0.25) is 0 Å². The molecule has 188 valence electrons. The number of nitrogens with one attached hydrogen (secondary N) is 1. The summed E-state index contributed by atoms with van der Waals surface area (Å²) in [6, 6.07) is 14.0. The number of hydrogen-bond acceptors (Lipinski definition) is 6. The first-order chi connectivity index (χ1) is 17.6. The third-order valence-electron chi connectivity index (χ3n) is 7.43. The van der Waals surface area contributed by atoms with Gasteiger partial charge in [0.1, 0.15) is 16.6 Å². The second-order valence-electron chi connectivity index (χ2n) is 9.81. The molecule has 2 aliphatic carbocycles. The van der Waals surface area contributed by atoms with Crippen LogP contribution in [0.1, 0.15) is 54.0 Å². The summed E-state index contributed by atoms with van der Waals surface area (Å²) in [6.45, 7) is 4.69. The molecule has 2 aromatic heterocycles. The van der Waals surface area contributed by atoms with Crippen LogP contribution < -0.4 is 10.1 Å². The average molecular weight is 502 g/mol. The number of ether oxygens (including phenoxy) is 1. The second kappa shape index (κ2) is 10.9. The van der Waals surface area contributed by atoms with Gasteiger partial charge in [0.25, 0.3) is 0 Å². The monoisotopic (exact) mass is 501 g/mol. The minimum absolute atomic E-state index is 0.464. The van der Waals surface area contributed by atoms with Crippen LogP contribution in [-0.4, -0.2) is 55.7 Å². The number of amidine groups is 1. The van der Waals surface area contributed by atoms with Gasteiger partial charge >= 0.3 is 0 Å². The largest absolute Gasteiger partial charge is 0.495 e. The van der Waals surface area contributed by atoms with E-state index in [1.165, 1.54) is 29.7 Å². The third-order valence-corrected chi connectivity index (χ3v) is 8.65. The molecule has 0 amide bonds. The van der Waals surface area contributed by atoms with Crippen molar-refractivity contribution in [3.05, 3.63) is 64.8 Å². The Morgan fingerprint density at radius 1 is 1.14 bits per heavy atom. The molecule has 6 nitrogen and oxygen atoms in total. The highest BCUT2D eigenvalue weighted by Crippen LogP contribution is 2.47. The molecule has 1 aromatic carbocycles. The molecule has 7 heteroatoms. The van der Waals surface area contributed by atoms with Crippen molar-refractivity contribution < 1.29 is 4.74 Å². The molecule has 2 heterocycles. The van der Waals surface area contributed by atoms with Gasteiger partial charge in [-0.1, -0.05) is 24.3 Å². The van der Waals surface area contributed by atoms with Crippen LogP contribution in [0.3, 0.4) is 0 Å². The van der Waals surface area contributed by atoms with Crippen LogP contribution >= 0.6 is 11.3 Å². The molecule has 0 unspecified atom stereocenters. The van der Waals surface area contributed by atoms with Gasteiger partial charge in [-0.15, -0.1) is 11.3 Å². The van der Waals surface area contributed by atoms with Crippen molar-refractivity contribution in [2.45, 2.75) is 56.7 Å². The molecule has 0 aliphatic heterocycles. The van der Waals surface area contributed by atoms with Crippen molar-refractivity contribution in [2.24, 2.45) is 9.98 Å². The number of rotatable bonds is 9. The number of hydrogen-bond donors (Lipinski definition) is 1. The van der Waals surface area contributed by atoms with E-state index in [1.54, 1.807) is 24.6 Å². The molecule has 0 spiro atoms. The first-order valence-corrected chi connectivity index (χ1v) is 13.5. The average Bonchev–Trinajstić information content (AvgIpc) is 3.51. The zero-order chi connectivity index (χ0) is 25.1. The van der Waals surface area contributed by atoms with Crippen LogP contribution in [0.25, 0.3) is 11.1 Å². The Labute approximate surface area is 218 Å². The minimum atomic E-state index is 0.464. The van der Waals surface area contributed by atoms with Gasteiger partial charge in [-0.3, -0.25) is 15.0 Å². The summed E-state index contributed by atoms with van der Waals surface area (Å²) >= 11 is 1.78. The van der Waals surface area contributed by atoms with Crippen molar-refractivity contribution >= 4 is 28.9 Å². The van der Waals surface area contributed by atoms with Gasteiger partial charge in [-0.05, 0) is 68.0 Å². The minimum Gasteiger partial charge on any atom is -0.495 e. The van der Waals surface area contributed by atoms with Crippen LogP contribution in [0.5, 0.6) is 5.75 Å². The number of pyridine rings is 1. The van der Waals surface area contributed by atoms with Crippen molar-refractivity contribution in [1.29, 1.82) is 0 Å². The summed E-state index contributed by atoms with van der Waals surface area (Å²) in [5.74, 6) is 2.53. The first kappa shape index (κ1) is 24.7. The first-order valence-electron chi connectivity index (χ1n) is 12.7. The standard InChI is InChI=1S/C29H35N5OS/c1-30-28(26-15-27(21-9-10-21)36-29(26)31-2)34(3)24-12-11-23(14-24)33-16-19-5-7-20(8-6-19)22-13-25(35-4)18-32-17-22/h5-8,13,15,17-18,21,23-24,33H,2,9-12,14,16H2,1,3-4H3/b30-28+/t23-,24+/m0/s1. The summed E-state index contributed by atoms with van der Waals surface area (Å²) in [5, 5.41) is 4.79. The summed E-state index contributed by atoms with van der Waals surface area (Å²) in [4.78, 5) is 17.1. The van der Waals surface area contributed by atoms with E-state index < -0.39 is 0 Å². The Morgan fingerprint density at radius 2 is 1.94 bits per heavy atom. The fourth-order valence-electron chi connectivity index (χ4n) is 5.15. The molecule has 5 rings (SSSR count). The highest BCUT2D eigenvalue weighted by Gasteiger charge is 2.32. The zero-order valence-electron chi connectivity index (χ0n) is 21.4. The van der Waals surface area contributed by atoms with Crippen LogP contribution in [0, 0.1) is 0 Å². The van der Waals surface area contributed by atoms with Gasteiger partial charge in [0, 0.05) is 49.4 Å². The van der Waals surface area contributed by atoms with Crippen LogP contribution in [0.15, 0.2) is 58.8 Å². The van der Waals surface area contributed by atoms with Crippen LogP contribution in [0.4, 0.5) is 5.00 Å². The molecule has 0 radical (unpaired) electrons. The van der Waals surface area contributed by atoms with Crippen molar-refractivity contribution in [2.75, 3.05) is 21.2 Å². The van der Waals surface area contributed by atoms with E-state index in [4.69, 9.17) is 9.73 Å². The Bertz CT molecular complexity index is 1230. The fraction of sp³-hybridized carbons (Fsp3) is 0.414. The van der Waals surface area contributed by atoms with Gasteiger partial charge in [0.15, 0.2) is 0 Å². The SMILES string of the molecule is C=Nc1sc(C2CC2)cc1/C(=N\C)N(C)[C@@H]1CC[C@H](NCc2ccc(-c3cncc(OC)c3)cc2)C1. The Morgan fingerprint density at radius 3 is 2.64 bits per heavy atom. The molecule has 2 fully saturated rings. The number of thiophene rings is 1. The second-order valence-corrected chi connectivity index (χ2v) is 10.9. The molecular formula is C29H35N5OS. The van der Waals surface area contributed by atoms with Crippen molar-refractivity contribution in [1.82, 2.24) is 15.2 Å². The smallest absolute Gasteiger partial charge is 0.137 e. The molecule has 0 bridgehead atoms. The summed E-state index contributed by atoms with van der Waals surface area (Å²) in [5.41, 5.74) is 4.64. The van der Waals surface area contributed by atoms with Crippen molar-refractivity contribution in [3.63, 3.8) is 0 Å². The lowest BCUT2D eigenvalue weighted by molar-refractivity contribution is 0.362. The van der Waals surface area contributed by atoms with Gasteiger partial charge in [-0.2, -0.15) is 0 Å². The highest BCUT2D eigenvalue weighted by molar-refractivity contribution is 7.16. The Hall–Kier alpha value is -3.03. The number of nitrogens with zero attached hydrogens (tertiary/aromatic N) is 4. The maximum atomic E-state index is 5.30. The Balaban J connectivity index is 1.17. The topological polar surface area (TPSA) is 62.1 Å². The highest BCUT2D eigenvalue weighted by atomic mass is 32.1. The fourth-order valence-corrected chi connectivity index (χ4v) is 6.28. The quantitative estimate of drug-likeness (QED) is 0.286. The predicted octanol–water partition coefficient (Wildman–Crippen LogP) is 6.05. The lowest BCUT2D eigenvalue weighted by Gasteiger charge is -2.28. The number of aromatic nitrogens is 1. The molecule has 2 saturated carbocycles. The summed E-state index contributed by atoms with van der Waals surface area (Å²) in [7, 11) is 5.74. The third kappa shape index (κ3) is 5.37. The Kier molecular flexibility index (Phi) is 7.48. The predicted molar refractivity (Wildman–Crippen MR) is 150 cm³/mol. The number of aliphatic imine (C=N–C) groups is 2. The van der Waals surface area contributed by atoms with Gasteiger partial charge in [-0.25, -0.2) is 0 Å². The zero-order valence-corrected chi connectivity index (χ0v) is 22.2. The molecule has 2 aliphatic rings. The van der Waals surface area contributed by atoms with E-state index in [0.717, 1.165) is 52.7 Å². The lowest BCUT2D eigenvalue weighted by atomic mass is 10.1. The van der Waals surface area contributed by atoms with Gasteiger partial charge < -0.3 is 15.0 Å². The van der Waals surface area contributed by atoms with E-state index in [0.29, 0.717) is 18.0 Å². The van der Waals surface area contributed by atoms with E-state index in [-0.39, 0.29) is 0 Å². The van der Waals surface area contributed by atoms with Crippen LogP contribution in [0.2, 0.25) is 0 Å².